The molecule has 0 N–H and O–H groups in total. The van der Waals surface area contributed by atoms with Gasteiger partial charge in [0.1, 0.15) is 5.76 Å². The molecule has 0 aliphatic carbocycles. The Balaban J connectivity index is 4.44. The van der Waals surface area contributed by atoms with E-state index in [1.807, 2.05) is 27.7 Å². The molecule has 0 bridgehead atoms. The lowest BCUT2D eigenvalue weighted by molar-refractivity contribution is -0.143. The standard InChI is InChI=1S/C12H22O2/c1-7-9(4)10(5)11(6)14-12(13)8(2)3/h8-9H,7H2,1-6H3. The lowest BCUT2D eigenvalue weighted by atomic mass is 9.99. The molecule has 0 heterocycles. The van der Waals surface area contributed by atoms with Gasteiger partial charge in [-0.15, -0.1) is 0 Å². The highest BCUT2D eigenvalue weighted by molar-refractivity contribution is 5.72. The van der Waals surface area contributed by atoms with E-state index in [1.54, 1.807) is 0 Å². The molecular formula is C12H22O2. The smallest absolute Gasteiger partial charge is 0.313 e. The van der Waals surface area contributed by atoms with Crippen molar-refractivity contribution in [3.63, 3.8) is 0 Å². The zero-order valence-electron chi connectivity index (χ0n) is 10.2. The molecule has 0 aromatic rings. The van der Waals surface area contributed by atoms with Gasteiger partial charge in [-0.2, -0.15) is 0 Å². The van der Waals surface area contributed by atoms with Crippen LogP contribution in [0.1, 0.15) is 48.0 Å². The third kappa shape index (κ3) is 3.95. The Kier molecular flexibility index (Phi) is 5.51. The first-order valence-electron chi connectivity index (χ1n) is 5.29. The molecule has 14 heavy (non-hydrogen) atoms. The van der Waals surface area contributed by atoms with Crippen molar-refractivity contribution in [3.05, 3.63) is 11.3 Å². The van der Waals surface area contributed by atoms with Crippen molar-refractivity contribution in [1.29, 1.82) is 0 Å². The Morgan fingerprint density at radius 2 is 1.71 bits per heavy atom. The van der Waals surface area contributed by atoms with Gasteiger partial charge in [0, 0.05) is 0 Å². The predicted molar refractivity (Wildman–Crippen MR) is 58.8 cm³/mol. The van der Waals surface area contributed by atoms with Crippen molar-refractivity contribution >= 4 is 5.97 Å². The van der Waals surface area contributed by atoms with Crippen molar-refractivity contribution in [2.75, 3.05) is 0 Å². The van der Waals surface area contributed by atoms with E-state index in [1.165, 1.54) is 5.57 Å². The molecule has 2 nitrogen and oxygen atoms in total. The van der Waals surface area contributed by atoms with Crippen molar-refractivity contribution < 1.29 is 9.53 Å². The van der Waals surface area contributed by atoms with E-state index in [4.69, 9.17) is 4.74 Å². The minimum absolute atomic E-state index is 0.0605. The highest BCUT2D eigenvalue weighted by Gasteiger charge is 2.12. The Labute approximate surface area is 87.3 Å². The summed E-state index contributed by atoms with van der Waals surface area (Å²) < 4.78 is 5.24. The molecule has 0 spiro atoms. The molecular weight excluding hydrogens is 176 g/mol. The van der Waals surface area contributed by atoms with Crippen molar-refractivity contribution in [2.45, 2.75) is 48.0 Å². The van der Waals surface area contributed by atoms with Crippen molar-refractivity contribution in [3.8, 4) is 0 Å². The fourth-order valence-corrected chi connectivity index (χ4v) is 1.00. The molecule has 0 saturated heterocycles. The van der Waals surface area contributed by atoms with Crippen LogP contribution in [0.15, 0.2) is 11.3 Å². The van der Waals surface area contributed by atoms with Gasteiger partial charge in [0.05, 0.1) is 5.92 Å². The van der Waals surface area contributed by atoms with Crippen LogP contribution < -0.4 is 0 Å². The first-order chi connectivity index (χ1) is 6.40. The average Bonchev–Trinajstić information content (AvgIpc) is 2.14. The molecule has 1 unspecified atom stereocenters. The molecule has 2 heteroatoms. The summed E-state index contributed by atoms with van der Waals surface area (Å²) in [5, 5.41) is 0. The SMILES string of the molecule is CCC(C)C(C)=C(C)OC(=O)C(C)C. The van der Waals surface area contributed by atoms with Crippen LogP contribution >= 0.6 is 0 Å². The lowest BCUT2D eigenvalue weighted by Gasteiger charge is -2.14. The first-order valence-corrected chi connectivity index (χ1v) is 5.29. The maximum Gasteiger partial charge on any atom is 0.313 e. The Bertz CT molecular complexity index is 226. The second kappa shape index (κ2) is 5.84. The van der Waals surface area contributed by atoms with E-state index in [0.717, 1.165) is 12.2 Å². The van der Waals surface area contributed by atoms with E-state index in [0.29, 0.717) is 5.92 Å². The average molecular weight is 198 g/mol. The van der Waals surface area contributed by atoms with Crippen LogP contribution in [-0.2, 0) is 9.53 Å². The zero-order chi connectivity index (χ0) is 11.3. The summed E-state index contributed by atoms with van der Waals surface area (Å²) >= 11 is 0. The molecule has 0 aromatic carbocycles. The number of carbonyl (C=O) groups is 1. The number of esters is 1. The van der Waals surface area contributed by atoms with Crippen LogP contribution in [0.25, 0.3) is 0 Å². The Morgan fingerprint density at radius 3 is 2.07 bits per heavy atom. The summed E-state index contributed by atoms with van der Waals surface area (Å²) in [4.78, 5) is 11.3. The topological polar surface area (TPSA) is 26.3 Å². The maximum atomic E-state index is 11.3. The van der Waals surface area contributed by atoms with Crippen LogP contribution in [0, 0.1) is 11.8 Å². The van der Waals surface area contributed by atoms with Crippen molar-refractivity contribution in [2.24, 2.45) is 11.8 Å². The van der Waals surface area contributed by atoms with Crippen molar-refractivity contribution in [1.82, 2.24) is 0 Å². The number of hydrogen-bond acceptors (Lipinski definition) is 2. The summed E-state index contributed by atoms with van der Waals surface area (Å²) in [6.45, 7) is 11.8. The van der Waals surface area contributed by atoms with Gasteiger partial charge in [-0.25, -0.2) is 0 Å². The Morgan fingerprint density at radius 1 is 1.21 bits per heavy atom. The molecule has 0 aromatic heterocycles. The molecule has 0 rings (SSSR count). The minimum atomic E-state index is -0.148. The predicted octanol–water partition coefficient (Wildman–Crippen LogP) is 3.53. The molecule has 0 saturated carbocycles. The number of hydrogen-bond donors (Lipinski definition) is 0. The quantitative estimate of drug-likeness (QED) is 0.510. The van der Waals surface area contributed by atoms with Gasteiger partial charge in [-0.1, -0.05) is 27.7 Å². The van der Waals surface area contributed by atoms with Gasteiger partial charge < -0.3 is 4.74 Å². The van der Waals surface area contributed by atoms with Crippen LogP contribution in [0.3, 0.4) is 0 Å². The van der Waals surface area contributed by atoms with Crippen LogP contribution in [0.2, 0.25) is 0 Å². The van der Waals surface area contributed by atoms with Gasteiger partial charge in [-0.3, -0.25) is 4.79 Å². The highest BCUT2D eigenvalue weighted by Crippen LogP contribution is 2.19. The fraction of sp³-hybridized carbons (Fsp3) is 0.750. The Hall–Kier alpha value is -0.790. The lowest BCUT2D eigenvalue weighted by Crippen LogP contribution is -2.12. The molecule has 0 amide bonds. The summed E-state index contributed by atoms with van der Waals surface area (Å²) in [5.41, 5.74) is 1.17. The molecule has 1 atom stereocenters. The van der Waals surface area contributed by atoms with E-state index in [-0.39, 0.29) is 11.9 Å². The third-order valence-electron chi connectivity index (χ3n) is 2.63. The van der Waals surface area contributed by atoms with Crippen LogP contribution in [-0.4, -0.2) is 5.97 Å². The summed E-state index contributed by atoms with van der Waals surface area (Å²) in [6, 6.07) is 0. The number of carbonyl (C=O) groups excluding carboxylic acids is 1. The molecule has 0 aliphatic heterocycles. The van der Waals surface area contributed by atoms with E-state index in [9.17, 15) is 4.79 Å². The summed E-state index contributed by atoms with van der Waals surface area (Å²) in [5.74, 6) is 1.04. The first kappa shape index (κ1) is 13.2. The van der Waals surface area contributed by atoms with E-state index < -0.39 is 0 Å². The monoisotopic (exact) mass is 198 g/mol. The normalized spacial score (nSPS) is 15.1. The van der Waals surface area contributed by atoms with Gasteiger partial charge in [0.15, 0.2) is 0 Å². The van der Waals surface area contributed by atoms with Crippen LogP contribution in [0.4, 0.5) is 0 Å². The van der Waals surface area contributed by atoms with Gasteiger partial charge in [-0.05, 0) is 31.8 Å². The number of allylic oxidation sites excluding steroid dienone is 2. The molecule has 0 aliphatic rings. The second-order valence-corrected chi connectivity index (χ2v) is 4.12. The van der Waals surface area contributed by atoms with E-state index >= 15 is 0 Å². The minimum Gasteiger partial charge on any atom is -0.431 e. The third-order valence-corrected chi connectivity index (χ3v) is 2.63. The second-order valence-electron chi connectivity index (χ2n) is 4.12. The largest absolute Gasteiger partial charge is 0.431 e. The fourth-order valence-electron chi connectivity index (χ4n) is 1.00. The number of rotatable bonds is 4. The van der Waals surface area contributed by atoms with E-state index in [2.05, 4.69) is 13.8 Å². The summed E-state index contributed by atoms with van der Waals surface area (Å²) in [7, 11) is 0. The molecule has 0 fully saturated rings. The van der Waals surface area contributed by atoms with Crippen LogP contribution in [0.5, 0.6) is 0 Å². The van der Waals surface area contributed by atoms with Gasteiger partial charge >= 0.3 is 5.97 Å². The molecule has 82 valence electrons. The van der Waals surface area contributed by atoms with Gasteiger partial charge in [0.2, 0.25) is 0 Å². The molecule has 0 radical (unpaired) electrons. The zero-order valence-corrected chi connectivity index (χ0v) is 10.2. The summed E-state index contributed by atoms with van der Waals surface area (Å²) in [6.07, 6.45) is 1.07. The highest BCUT2D eigenvalue weighted by atomic mass is 16.5. The maximum absolute atomic E-state index is 11.3. The van der Waals surface area contributed by atoms with Gasteiger partial charge in [0.25, 0.3) is 0 Å². The number of ether oxygens (including phenoxy) is 1.